The van der Waals surface area contributed by atoms with Crippen molar-refractivity contribution >= 4 is 11.6 Å². The molecular weight excluding hydrogens is 206 g/mol. The van der Waals surface area contributed by atoms with Crippen LogP contribution in [0.2, 0.25) is 0 Å². The molecule has 1 aliphatic rings. The molecule has 1 aliphatic carbocycles. The molecule has 0 saturated carbocycles. The fourth-order valence-corrected chi connectivity index (χ4v) is 2.57. The minimum atomic E-state index is 0.633. The summed E-state index contributed by atoms with van der Waals surface area (Å²) in [5, 5.41) is 0. The average Bonchev–Trinajstić information content (AvgIpc) is 2.69. The molecule has 0 radical (unpaired) electrons. The van der Waals surface area contributed by atoms with Crippen molar-refractivity contribution in [3.63, 3.8) is 0 Å². The Labute approximate surface area is 102 Å². The molecule has 1 heterocycles. The van der Waals surface area contributed by atoms with Gasteiger partial charge in [-0.2, -0.15) is 0 Å². The normalized spacial score (nSPS) is 20.5. The highest BCUT2D eigenvalue weighted by atomic mass is 14.6. The Morgan fingerprint density at radius 3 is 2.88 bits per heavy atom. The van der Waals surface area contributed by atoms with Gasteiger partial charge in [0.05, 0.1) is 0 Å². The number of hydrogen-bond donors (Lipinski definition) is 0. The van der Waals surface area contributed by atoms with Crippen LogP contribution in [0, 0.1) is 0 Å². The molecule has 1 heteroatoms. The molecular formula is C16H15N. The van der Waals surface area contributed by atoms with E-state index in [1.54, 1.807) is 0 Å². The van der Waals surface area contributed by atoms with Crippen molar-refractivity contribution in [2.24, 2.45) is 0 Å². The SMILES string of the molecule is CC1C/C(=C/c2cccnc2)c2ccccc21. The molecule has 0 bridgehead atoms. The maximum Gasteiger partial charge on any atom is 0.0340 e. The lowest BCUT2D eigenvalue weighted by atomic mass is 10.0. The van der Waals surface area contributed by atoms with E-state index in [0.717, 1.165) is 6.42 Å². The molecule has 0 saturated heterocycles. The van der Waals surface area contributed by atoms with Crippen LogP contribution < -0.4 is 0 Å². The molecule has 1 nitrogen and oxygen atoms in total. The predicted octanol–water partition coefficient (Wildman–Crippen LogP) is 4.13. The molecule has 1 atom stereocenters. The first-order valence-corrected chi connectivity index (χ1v) is 6.04. The van der Waals surface area contributed by atoms with Crippen LogP contribution in [0.4, 0.5) is 0 Å². The van der Waals surface area contributed by atoms with Crippen LogP contribution in [-0.4, -0.2) is 4.98 Å². The van der Waals surface area contributed by atoms with E-state index in [4.69, 9.17) is 0 Å². The van der Waals surface area contributed by atoms with Gasteiger partial charge >= 0.3 is 0 Å². The van der Waals surface area contributed by atoms with Crippen molar-refractivity contribution in [3.8, 4) is 0 Å². The lowest BCUT2D eigenvalue weighted by Crippen LogP contribution is -1.83. The highest BCUT2D eigenvalue weighted by Gasteiger charge is 2.21. The summed E-state index contributed by atoms with van der Waals surface area (Å²) in [6, 6.07) is 12.8. The number of pyridine rings is 1. The zero-order valence-corrected chi connectivity index (χ0v) is 9.93. The molecule has 1 unspecified atom stereocenters. The number of hydrogen-bond acceptors (Lipinski definition) is 1. The first-order chi connectivity index (χ1) is 8.34. The molecule has 1 aromatic heterocycles. The Bertz CT molecular complexity index is 555. The van der Waals surface area contributed by atoms with Gasteiger partial charge in [-0.1, -0.05) is 37.3 Å². The Hall–Kier alpha value is -1.89. The Kier molecular flexibility index (Phi) is 2.52. The largest absolute Gasteiger partial charge is 0.264 e. The van der Waals surface area contributed by atoms with E-state index in [0.29, 0.717) is 5.92 Å². The van der Waals surface area contributed by atoms with Crippen LogP contribution in [0.3, 0.4) is 0 Å². The van der Waals surface area contributed by atoms with Crippen LogP contribution in [0.5, 0.6) is 0 Å². The number of benzene rings is 1. The summed E-state index contributed by atoms with van der Waals surface area (Å²) in [6.45, 7) is 2.29. The van der Waals surface area contributed by atoms with E-state index in [1.165, 1.54) is 22.3 Å². The second-order valence-corrected chi connectivity index (χ2v) is 4.65. The van der Waals surface area contributed by atoms with Gasteiger partial charge in [-0.3, -0.25) is 4.98 Å². The number of nitrogens with zero attached hydrogens (tertiary/aromatic N) is 1. The van der Waals surface area contributed by atoms with Crippen LogP contribution >= 0.6 is 0 Å². The van der Waals surface area contributed by atoms with Crippen molar-refractivity contribution in [2.45, 2.75) is 19.3 Å². The zero-order valence-electron chi connectivity index (χ0n) is 9.93. The first kappa shape index (κ1) is 10.3. The second kappa shape index (κ2) is 4.17. The fraction of sp³-hybridized carbons (Fsp3) is 0.188. The van der Waals surface area contributed by atoms with Gasteiger partial charge in [0.1, 0.15) is 0 Å². The Morgan fingerprint density at radius 1 is 1.18 bits per heavy atom. The molecule has 0 N–H and O–H groups in total. The van der Waals surface area contributed by atoms with Crippen molar-refractivity contribution in [1.82, 2.24) is 4.98 Å². The number of rotatable bonds is 1. The average molecular weight is 221 g/mol. The predicted molar refractivity (Wildman–Crippen MR) is 71.6 cm³/mol. The highest BCUT2D eigenvalue weighted by Crippen LogP contribution is 2.41. The third-order valence-corrected chi connectivity index (χ3v) is 3.39. The van der Waals surface area contributed by atoms with Gasteiger partial charge in [0.2, 0.25) is 0 Å². The van der Waals surface area contributed by atoms with Gasteiger partial charge in [0.15, 0.2) is 0 Å². The van der Waals surface area contributed by atoms with E-state index in [-0.39, 0.29) is 0 Å². The monoisotopic (exact) mass is 221 g/mol. The summed E-state index contributed by atoms with van der Waals surface area (Å²) in [6.07, 6.45) is 7.12. The number of allylic oxidation sites excluding steroid dienone is 1. The van der Waals surface area contributed by atoms with Gasteiger partial charge in [0.25, 0.3) is 0 Å². The third-order valence-electron chi connectivity index (χ3n) is 3.39. The molecule has 0 spiro atoms. The van der Waals surface area contributed by atoms with E-state index >= 15 is 0 Å². The number of fused-ring (bicyclic) bond motifs is 1. The lowest BCUT2D eigenvalue weighted by molar-refractivity contribution is 0.829. The summed E-state index contributed by atoms with van der Waals surface area (Å²) in [4.78, 5) is 4.16. The van der Waals surface area contributed by atoms with Gasteiger partial charge in [-0.05, 0) is 46.7 Å². The van der Waals surface area contributed by atoms with E-state index in [1.807, 2.05) is 18.5 Å². The van der Waals surface area contributed by atoms with Crippen LogP contribution in [0.1, 0.15) is 36.0 Å². The van der Waals surface area contributed by atoms with Crippen LogP contribution in [0.25, 0.3) is 11.6 Å². The van der Waals surface area contributed by atoms with E-state index in [2.05, 4.69) is 48.3 Å². The number of aromatic nitrogens is 1. The van der Waals surface area contributed by atoms with E-state index < -0.39 is 0 Å². The maximum absolute atomic E-state index is 4.16. The van der Waals surface area contributed by atoms with E-state index in [9.17, 15) is 0 Å². The smallest absolute Gasteiger partial charge is 0.0340 e. The molecule has 3 rings (SSSR count). The van der Waals surface area contributed by atoms with Crippen molar-refractivity contribution in [1.29, 1.82) is 0 Å². The maximum atomic E-state index is 4.16. The van der Waals surface area contributed by atoms with Crippen molar-refractivity contribution in [3.05, 3.63) is 65.5 Å². The first-order valence-electron chi connectivity index (χ1n) is 6.04. The molecule has 17 heavy (non-hydrogen) atoms. The molecule has 0 fully saturated rings. The quantitative estimate of drug-likeness (QED) is 0.705. The third kappa shape index (κ3) is 1.89. The summed E-state index contributed by atoms with van der Waals surface area (Å²) >= 11 is 0. The summed E-state index contributed by atoms with van der Waals surface area (Å²) in [7, 11) is 0. The minimum Gasteiger partial charge on any atom is -0.264 e. The Morgan fingerprint density at radius 2 is 2.06 bits per heavy atom. The molecule has 0 amide bonds. The standard InChI is InChI=1S/C16H15N/c1-12-9-14(10-13-5-4-8-17-11-13)16-7-3-2-6-15(12)16/h2-8,10-12H,9H2,1H3/b14-10-. The molecule has 1 aromatic carbocycles. The minimum absolute atomic E-state index is 0.633. The summed E-state index contributed by atoms with van der Waals surface area (Å²) in [5.41, 5.74) is 5.50. The van der Waals surface area contributed by atoms with Crippen molar-refractivity contribution < 1.29 is 0 Å². The lowest BCUT2D eigenvalue weighted by Gasteiger charge is -2.01. The van der Waals surface area contributed by atoms with Crippen LogP contribution in [0.15, 0.2) is 48.8 Å². The fourth-order valence-electron chi connectivity index (χ4n) is 2.57. The van der Waals surface area contributed by atoms with Gasteiger partial charge in [-0.15, -0.1) is 0 Å². The van der Waals surface area contributed by atoms with Crippen molar-refractivity contribution in [2.75, 3.05) is 0 Å². The van der Waals surface area contributed by atoms with Gasteiger partial charge in [0, 0.05) is 12.4 Å². The van der Waals surface area contributed by atoms with Gasteiger partial charge in [-0.25, -0.2) is 0 Å². The molecule has 2 aromatic rings. The van der Waals surface area contributed by atoms with Gasteiger partial charge < -0.3 is 0 Å². The molecule has 84 valence electrons. The second-order valence-electron chi connectivity index (χ2n) is 4.65. The topological polar surface area (TPSA) is 12.9 Å². The highest BCUT2D eigenvalue weighted by molar-refractivity contribution is 5.85. The Balaban J connectivity index is 2.05. The zero-order chi connectivity index (χ0) is 11.7. The molecule has 0 aliphatic heterocycles. The van der Waals surface area contributed by atoms with Crippen LogP contribution in [-0.2, 0) is 0 Å². The summed E-state index contributed by atoms with van der Waals surface area (Å²) in [5.74, 6) is 0.633. The summed E-state index contributed by atoms with van der Waals surface area (Å²) < 4.78 is 0.